The molecule has 0 fully saturated rings. The van der Waals surface area contributed by atoms with Crippen molar-refractivity contribution in [2.45, 2.75) is 0 Å². The summed E-state index contributed by atoms with van der Waals surface area (Å²) in [6.45, 7) is 0. The van der Waals surface area contributed by atoms with Crippen LogP contribution in [0.1, 0.15) is 11.1 Å². The summed E-state index contributed by atoms with van der Waals surface area (Å²) in [4.78, 5) is 0. The Morgan fingerprint density at radius 1 is 0.206 bits per heavy atom. The largest absolute Gasteiger partial charge is 0.192 e. The van der Waals surface area contributed by atoms with Crippen LogP contribution >= 0.6 is 0 Å². The summed E-state index contributed by atoms with van der Waals surface area (Å²) >= 11 is 0. The molecule has 0 aliphatic rings. The molecule has 0 aliphatic carbocycles. The molecule has 0 aromatic heterocycles. The van der Waals surface area contributed by atoms with Crippen LogP contribution in [0.15, 0.2) is 231 Å². The van der Waals surface area contributed by atoms with Crippen LogP contribution in [-0.2, 0) is 0 Å². The Bertz CT molecular complexity index is 4320. The number of nitrogens with zero attached hydrogens (tertiary/aromatic N) is 2. The number of hydrogen-bond acceptors (Lipinski definition) is 2. The van der Waals surface area contributed by atoms with E-state index in [4.69, 9.17) is 0 Å². The molecule has 0 spiro atoms. The van der Waals surface area contributed by atoms with Crippen LogP contribution in [0.2, 0.25) is 0 Å². The Hall–Kier alpha value is -9.34. The van der Waals surface area contributed by atoms with E-state index in [1.807, 2.05) is 24.3 Å². The third-order valence-electron chi connectivity index (χ3n) is 14.0. The second-order valence-electron chi connectivity index (χ2n) is 17.8. The first-order chi connectivity index (χ1) is 33.6. The number of hydrogen-bond donors (Lipinski definition) is 0. The Morgan fingerprint density at radius 3 is 1.24 bits per heavy atom. The molecule has 312 valence electrons. The van der Waals surface area contributed by atoms with Gasteiger partial charge in [-0.15, -0.1) is 0 Å². The molecule has 68 heavy (non-hydrogen) atoms. The predicted molar refractivity (Wildman–Crippen MR) is 286 cm³/mol. The van der Waals surface area contributed by atoms with Crippen molar-refractivity contribution in [3.63, 3.8) is 0 Å². The van der Waals surface area contributed by atoms with E-state index in [1.54, 1.807) is 0 Å². The quantitative estimate of drug-likeness (QED) is 0.128. The van der Waals surface area contributed by atoms with Crippen LogP contribution in [0.4, 0.5) is 0 Å². The molecule has 2 heteroatoms. The Kier molecular flexibility index (Phi) is 9.01. The van der Waals surface area contributed by atoms with E-state index in [9.17, 15) is 10.5 Å². The van der Waals surface area contributed by atoms with E-state index in [2.05, 4.69) is 218 Å². The lowest BCUT2D eigenvalue weighted by Crippen LogP contribution is -1.95. The average Bonchev–Trinajstić information content (AvgIpc) is 3.41. The Balaban J connectivity index is 1.24. The van der Waals surface area contributed by atoms with Gasteiger partial charge in [0, 0.05) is 0 Å². The molecule has 0 aliphatic heterocycles. The van der Waals surface area contributed by atoms with E-state index in [-0.39, 0.29) is 0 Å². The molecule has 0 amide bonds. The summed E-state index contributed by atoms with van der Waals surface area (Å²) in [6.07, 6.45) is 0. The van der Waals surface area contributed by atoms with Gasteiger partial charge >= 0.3 is 0 Å². The maximum Gasteiger partial charge on any atom is 0.0991 e. The Morgan fingerprint density at radius 2 is 0.603 bits per heavy atom. The lowest BCUT2D eigenvalue weighted by atomic mass is 9.80. The number of rotatable bonds is 5. The van der Waals surface area contributed by atoms with Crippen LogP contribution in [0, 0.1) is 22.7 Å². The summed E-state index contributed by atoms with van der Waals surface area (Å²) < 4.78 is 0. The minimum absolute atomic E-state index is 0.646. The van der Waals surface area contributed by atoms with Crippen molar-refractivity contribution >= 4 is 75.4 Å². The SMILES string of the molecule is N#Cc1ccc2cc(-c3c4ccc(-c5ccccc5)cc4c(-c4ccc5cc(C#N)ccc5c4)c4cc5c(cc34)c(-c3ccccc3)c(-c3ccc4ccccc4c3)c3ccccc35)ccc2c1. The molecule has 13 aromatic rings. The highest BCUT2D eigenvalue weighted by molar-refractivity contribution is 6.30. The van der Waals surface area contributed by atoms with E-state index in [0.29, 0.717) is 11.1 Å². The fourth-order valence-corrected chi connectivity index (χ4v) is 10.8. The van der Waals surface area contributed by atoms with Gasteiger partial charge in [0.05, 0.1) is 23.3 Å². The van der Waals surface area contributed by atoms with E-state index in [1.165, 1.54) is 49.0 Å². The fraction of sp³-hybridized carbons (Fsp3) is 0. The number of benzene rings is 13. The predicted octanol–water partition coefficient (Wildman–Crippen LogP) is 17.8. The monoisotopic (exact) mass is 858 g/mol. The smallest absolute Gasteiger partial charge is 0.0991 e. The van der Waals surface area contributed by atoms with Crippen LogP contribution in [-0.4, -0.2) is 0 Å². The molecule has 0 saturated carbocycles. The van der Waals surface area contributed by atoms with Crippen molar-refractivity contribution in [1.29, 1.82) is 10.5 Å². The van der Waals surface area contributed by atoms with Crippen LogP contribution in [0.3, 0.4) is 0 Å². The number of nitriles is 2. The normalized spacial score (nSPS) is 11.5. The standard InChI is InChI=1S/C66H38N2/c67-39-41-19-21-49-34-52(27-24-47(49)31-41)63-57-30-29-51(43-11-3-1-4-12-43)36-59(57)64(53-28-25-48-32-42(40-68)20-22-50(48)35-53)61-37-58-55-17-9-10-18-56(55)66(54-26-23-44-13-7-8-16-46(44)33-54)65(60(58)38-62(61)63)45-14-5-2-6-15-45/h1-38H. The topological polar surface area (TPSA) is 47.6 Å². The van der Waals surface area contributed by atoms with Crippen molar-refractivity contribution in [3.05, 3.63) is 242 Å². The first-order valence-electron chi connectivity index (χ1n) is 23.0. The highest BCUT2D eigenvalue weighted by atomic mass is 14.3. The first kappa shape index (κ1) is 39.1. The van der Waals surface area contributed by atoms with Crippen molar-refractivity contribution in [2.24, 2.45) is 0 Å². The zero-order chi connectivity index (χ0) is 45.3. The maximum absolute atomic E-state index is 9.81. The van der Waals surface area contributed by atoms with E-state index >= 15 is 0 Å². The van der Waals surface area contributed by atoms with Gasteiger partial charge in [-0.1, -0.05) is 170 Å². The van der Waals surface area contributed by atoms with Crippen molar-refractivity contribution < 1.29 is 0 Å². The van der Waals surface area contributed by atoms with Crippen molar-refractivity contribution in [3.8, 4) is 67.8 Å². The molecular formula is C66H38N2. The van der Waals surface area contributed by atoms with Crippen LogP contribution in [0.5, 0.6) is 0 Å². The fourth-order valence-electron chi connectivity index (χ4n) is 10.8. The molecule has 0 saturated heterocycles. The molecule has 0 bridgehead atoms. The second-order valence-corrected chi connectivity index (χ2v) is 17.8. The lowest BCUT2D eigenvalue weighted by molar-refractivity contribution is 1.50. The van der Waals surface area contributed by atoms with Gasteiger partial charge in [-0.05, 0) is 192 Å². The summed E-state index contributed by atoms with van der Waals surface area (Å²) in [5.41, 5.74) is 12.9. The lowest BCUT2D eigenvalue weighted by Gasteiger charge is -2.23. The molecule has 0 unspecified atom stereocenters. The molecular weight excluding hydrogens is 821 g/mol. The van der Waals surface area contributed by atoms with Gasteiger partial charge in [0.15, 0.2) is 0 Å². The van der Waals surface area contributed by atoms with Crippen LogP contribution < -0.4 is 0 Å². The molecule has 13 rings (SSSR count). The summed E-state index contributed by atoms with van der Waals surface area (Å²) in [6, 6.07) is 87.8. The molecule has 13 aromatic carbocycles. The zero-order valence-corrected chi connectivity index (χ0v) is 36.8. The number of fused-ring (bicyclic) bond motifs is 8. The van der Waals surface area contributed by atoms with Gasteiger partial charge in [-0.2, -0.15) is 10.5 Å². The highest BCUT2D eigenvalue weighted by Crippen LogP contribution is 2.51. The summed E-state index contributed by atoms with van der Waals surface area (Å²) in [7, 11) is 0. The van der Waals surface area contributed by atoms with Gasteiger partial charge in [0.1, 0.15) is 0 Å². The third kappa shape index (κ3) is 6.32. The highest BCUT2D eigenvalue weighted by Gasteiger charge is 2.23. The van der Waals surface area contributed by atoms with E-state index in [0.717, 1.165) is 82.0 Å². The first-order valence-corrected chi connectivity index (χ1v) is 23.0. The minimum Gasteiger partial charge on any atom is -0.192 e. The van der Waals surface area contributed by atoms with Gasteiger partial charge < -0.3 is 0 Å². The van der Waals surface area contributed by atoms with Crippen molar-refractivity contribution in [2.75, 3.05) is 0 Å². The molecule has 0 atom stereocenters. The molecule has 0 heterocycles. The summed E-state index contributed by atoms with van der Waals surface area (Å²) in [5, 5.41) is 35.6. The molecule has 0 radical (unpaired) electrons. The van der Waals surface area contributed by atoms with Gasteiger partial charge in [0.25, 0.3) is 0 Å². The van der Waals surface area contributed by atoms with Gasteiger partial charge in [-0.25, -0.2) is 0 Å². The summed E-state index contributed by atoms with van der Waals surface area (Å²) in [5.74, 6) is 0. The molecule has 2 nitrogen and oxygen atoms in total. The molecule has 0 N–H and O–H groups in total. The van der Waals surface area contributed by atoms with Crippen molar-refractivity contribution in [1.82, 2.24) is 0 Å². The minimum atomic E-state index is 0.646. The average molecular weight is 859 g/mol. The Labute approximate surface area is 393 Å². The van der Waals surface area contributed by atoms with Gasteiger partial charge in [-0.3, -0.25) is 0 Å². The van der Waals surface area contributed by atoms with E-state index < -0.39 is 0 Å². The van der Waals surface area contributed by atoms with Crippen LogP contribution in [0.25, 0.3) is 131 Å². The second kappa shape index (κ2) is 15.7. The third-order valence-corrected chi connectivity index (χ3v) is 14.0. The van der Waals surface area contributed by atoms with Gasteiger partial charge in [0.2, 0.25) is 0 Å². The zero-order valence-electron chi connectivity index (χ0n) is 36.8. The maximum atomic E-state index is 9.81.